The highest BCUT2D eigenvalue weighted by Gasteiger charge is 2.09. The Morgan fingerprint density at radius 1 is 1.05 bits per heavy atom. The first kappa shape index (κ1) is 18.4. The molecule has 0 N–H and O–H groups in total. The Kier molecular flexibility index (Phi) is 12.0. The summed E-state index contributed by atoms with van der Waals surface area (Å²) in [5.74, 6) is 0.490. The Hall–Kier alpha value is -0.630. The van der Waals surface area contributed by atoms with E-state index in [0.717, 1.165) is 32.2 Å². The van der Waals surface area contributed by atoms with E-state index in [1.54, 1.807) is 0 Å². The van der Waals surface area contributed by atoms with E-state index in [1.807, 2.05) is 13.0 Å². The minimum Gasteiger partial charge on any atom is -0.303 e. The predicted molar refractivity (Wildman–Crippen MR) is 84.5 cm³/mol. The topological polar surface area (TPSA) is 20.3 Å². The monoisotopic (exact) mass is 267 g/mol. The number of hydrogen-bond donors (Lipinski definition) is 0. The molecule has 0 radical (unpaired) electrons. The van der Waals surface area contributed by atoms with Crippen molar-refractivity contribution in [2.75, 3.05) is 19.6 Å². The molecule has 0 rings (SSSR count). The van der Waals surface area contributed by atoms with E-state index in [4.69, 9.17) is 0 Å². The highest BCUT2D eigenvalue weighted by molar-refractivity contribution is 5.82. The molecule has 0 amide bonds. The van der Waals surface area contributed by atoms with Crippen LogP contribution in [0.4, 0.5) is 0 Å². The van der Waals surface area contributed by atoms with Crippen molar-refractivity contribution >= 4 is 5.78 Å². The molecule has 0 aliphatic carbocycles. The van der Waals surface area contributed by atoms with Crippen LogP contribution in [0.25, 0.3) is 0 Å². The predicted octanol–water partition coefficient (Wildman–Crippen LogP) is 4.45. The fourth-order valence-electron chi connectivity index (χ4n) is 2.28. The first-order chi connectivity index (χ1) is 9.15. The second-order valence-corrected chi connectivity index (χ2v) is 5.39. The van der Waals surface area contributed by atoms with Crippen LogP contribution in [-0.4, -0.2) is 30.3 Å². The number of ketones is 1. The van der Waals surface area contributed by atoms with Gasteiger partial charge >= 0.3 is 0 Å². The van der Waals surface area contributed by atoms with Crippen LogP contribution < -0.4 is 0 Å². The molecule has 0 aliphatic rings. The van der Waals surface area contributed by atoms with Crippen molar-refractivity contribution in [2.24, 2.45) is 5.92 Å². The lowest BCUT2D eigenvalue weighted by Gasteiger charge is -2.20. The van der Waals surface area contributed by atoms with Gasteiger partial charge in [0.05, 0.1) is 0 Å². The second-order valence-electron chi connectivity index (χ2n) is 5.39. The summed E-state index contributed by atoms with van der Waals surface area (Å²) in [4.78, 5) is 14.4. The Balaban J connectivity index is 3.77. The lowest BCUT2D eigenvalue weighted by Crippen LogP contribution is -2.26. The third kappa shape index (κ3) is 9.89. The van der Waals surface area contributed by atoms with E-state index in [1.165, 1.54) is 25.9 Å². The number of rotatable bonds is 12. The molecular formula is C17H33NO. The van der Waals surface area contributed by atoms with Crippen LogP contribution >= 0.6 is 0 Å². The summed E-state index contributed by atoms with van der Waals surface area (Å²) in [6, 6.07) is 0. The number of nitrogens with zero attached hydrogens (tertiary/aromatic N) is 1. The molecular weight excluding hydrogens is 234 g/mol. The molecule has 0 aromatic rings. The number of allylic oxidation sites excluding steroid dienone is 2. The first-order valence-electron chi connectivity index (χ1n) is 8.07. The molecule has 1 atom stereocenters. The van der Waals surface area contributed by atoms with Crippen LogP contribution in [0.3, 0.4) is 0 Å². The molecule has 0 aromatic heterocycles. The third-order valence-corrected chi connectivity index (χ3v) is 3.40. The van der Waals surface area contributed by atoms with Crippen LogP contribution in [0.2, 0.25) is 0 Å². The largest absolute Gasteiger partial charge is 0.303 e. The molecule has 0 aromatic carbocycles. The third-order valence-electron chi connectivity index (χ3n) is 3.40. The molecule has 1 unspecified atom stereocenters. The van der Waals surface area contributed by atoms with E-state index < -0.39 is 0 Å². The SMILES string of the molecule is CC/C=C/C(C)C(=O)CCCCN(CCC)CCC. The van der Waals surface area contributed by atoms with Crippen LogP contribution in [0.1, 0.15) is 66.2 Å². The van der Waals surface area contributed by atoms with Gasteiger partial charge in [-0.1, -0.05) is 39.8 Å². The number of carbonyl (C=O) groups excluding carboxylic acids is 1. The van der Waals surface area contributed by atoms with E-state index in [9.17, 15) is 4.79 Å². The molecule has 0 spiro atoms. The maximum atomic E-state index is 11.9. The molecule has 0 fully saturated rings. The maximum absolute atomic E-state index is 11.9. The quantitative estimate of drug-likeness (QED) is 0.384. The molecule has 2 heteroatoms. The van der Waals surface area contributed by atoms with Crippen molar-refractivity contribution in [3.05, 3.63) is 12.2 Å². The highest BCUT2D eigenvalue weighted by Crippen LogP contribution is 2.08. The molecule has 19 heavy (non-hydrogen) atoms. The van der Waals surface area contributed by atoms with Crippen molar-refractivity contribution < 1.29 is 4.79 Å². The summed E-state index contributed by atoms with van der Waals surface area (Å²) in [6.07, 6.45) is 10.5. The number of hydrogen-bond acceptors (Lipinski definition) is 2. The van der Waals surface area contributed by atoms with Crippen LogP contribution in [0.15, 0.2) is 12.2 Å². The fraction of sp³-hybridized carbons (Fsp3) is 0.824. The summed E-state index contributed by atoms with van der Waals surface area (Å²) in [6.45, 7) is 12.1. The van der Waals surface area contributed by atoms with Gasteiger partial charge in [0.15, 0.2) is 0 Å². The van der Waals surface area contributed by atoms with Crippen molar-refractivity contribution in [3.8, 4) is 0 Å². The van der Waals surface area contributed by atoms with Crippen LogP contribution in [-0.2, 0) is 4.79 Å². The summed E-state index contributed by atoms with van der Waals surface area (Å²) < 4.78 is 0. The van der Waals surface area contributed by atoms with Gasteiger partial charge in [0.1, 0.15) is 5.78 Å². The van der Waals surface area contributed by atoms with Gasteiger partial charge in [-0.25, -0.2) is 0 Å². The van der Waals surface area contributed by atoms with Gasteiger partial charge in [0.25, 0.3) is 0 Å². The smallest absolute Gasteiger partial charge is 0.139 e. The van der Waals surface area contributed by atoms with E-state index in [0.29, 0.717) is 5.78 Å². The molecule has 0 aliphatic heterocycles. The zero-order valence-corrected chi connectivity index (χ0v) is 13.5. The number of unbranched alkanes of at least 4 members (excludes halogenated alkanes) is 1. The Bertz CT molecular complexity index is 242. The molecule has 0 heterocycles. The Labute approximate surface area is 120 Å². The zero-order valence-electron chi connectivity index (χ0n) is 13.5. The standard InChI is InChI=1S/C17H33NO/c1-5-8-11-16(4)17(19)12-9-10-15-18(13-6-2)14-7-3/h8,11,16H,5-7,9-10,12-15H2,1-4H3/b11-8+. The van der Waals surface area contributed by atoms with E-state index in [-0.39, 0.29) is 5.92 Å². The van der Waals surface area contributed by atoms with Gasteiger partial charge in [0, 0.05) is 12.3 Å². The van der Waals surface area contributed by atoms with Gasteiger partial charge in [-0.3, -0.25) is 4.79 Å². The molecule has 112 valence electrons. The van der Waals surface area contributed by atoms with Gasteiger partial charge in [-0.2, -0.15) is 0 Å². The van der Waals surface area contributed by atoms with Crippen molar-refractivity contribution in [2.45, 2.75) is 66.2 Å². The highest BCUT2D eigenvalue weighted by atomic mass is 16.1. The lowest BCUT2D eigenvalue weighted by atomic mass is 10.0. The maximum Gasteiger partial charge on any atom is 0.139 e. The lowest BCUT2D eigenvalue weighted by molar-refractivity contribution is -0.121. The van der Waals surface area contributed by atoms with Crippen molar-refractivity contribution in [1.82, 2.24) is 4.90 Å². The van der Waals surface area contributed by atoms with Crippen LogP contribution in [0.5, 0.6) is 0 Å². The van der Waals surface area contributed by atoms with Gasteiger partial charge < -0.3 is 4.90 Å². The Morgan fingerprint density at radius 3 is 2.21 bits per heavy atom. The van der Waals surface area contributed by atoms with E-state index in [2.05, 4.69) is 31.7 Å². The molecule has 0 saturated heterocycles. The minimum atomic E-state index is 0.0994. The summed E-state index contributed by atoms with van der Waals surface area (Å²) in [5.41, 5.74) is 0. The zero-order chi connectivity index (χ0) is 14.5. The number of carbonyl (C=O) groups is 1. The van der Waals surface area contributed by atoms with Gasteiger partial charge in [-0.05, 0) is 51.7 Å². The van der Waals surface area contributed by atoms with Gasteiger partial charge in [-0.15, -0.1) is 0 Å². The van der Waals surface area contributed by atoms with Crippen LogP contribution in [0, 0.1) is 5.92 Å². The van der Waals surface area contributed by atoms with Crippen molar-refractivity contribution in [3.63, 3.8) is 0 Å². The number of Topliss-reactive ketones (excluding diaryl/α,β-unsaturated/α-hetero) is 1. The normalized spacial score (nSPS) is 13.3. The Morgan fingerprint density at radius 2 is 1.68 bits per heavy atom. The summed E-state index contributed by atoms with van der Waals surface area (Å²) in [7, 11) is 0. The van der Waals surface area contributed by atoms with Gasteiger partial charge in [0.2, 0.25) is 0 Å². The average molecular weight is 267 g/mol. The minimum absolute atomic E-state index is 0.0994. The second kappa shape index (κ2) is 12.4. The molecule has 2 nitrogen and oxygen atoms in total. The summed E-state index contributed by atoms with van der Waals surface area (Å²) >= 11 is 0. The molecule has 0 saturated carbocycles. The van der Waals surface area contributed by atoms with E-state index >= 15 is 0 Å². The summed E-state index contributed by atoms with van der Waals surface area (Å²) in [5, 5.41) is 0. The first-order valence-corrected chi connectivity index (χ1v) is 8.07. The van der Waals surface area contributed by atoms with Crippen molar-refractivity contribution in [1.29, 1.82) is 0 Å². The average Bonchev–Trinajstić information content (AvgIpc) is 2.40. The molecule has 0 bridgehead atoms. The fourth-order valence-corrected chi connectivity index (χ4v) is 2.28.